The molecule has 0 aliphatic carbocycles. The minimum atomic E-state index is -0.693. The molecule has 1 aliphatic rings. The number of esters is 2. The summed E-state index contributed by atoms with van der Waals surface area (Å²) in [5.74, 6) is -0.696. The lowest BCUT2D eigenvalue weighted by molar-refractivity contribution is -0.158. The molecule has 0 bridgehead atoms. The normalized spacial score (nSPS) is 26.2. The van der Waals surface area contributed by atoms with E-state index < -0.39 is 22.8 Å². The molecule has 0 N–H and O–H groups in total. The summed E-state index contributed by atoms with van der Waals surface area (Å²) < 4.78 is 14.8. The molecule has 0 saturated carbocycles. The molecule has 92 valence electrons. The lowest BCUT2D eigenvalue weighted by atomic mass is 9.99. The van der Waals surface area contributed by atoms with Crippen LogP contribution in [0.15, 0.2) is 0 Å². The van der Waals surface area contributed by atoms with Gasteiger partial charge in [-0.15, -0.1) is 11.8 Å². The smallest absolute Gasteiger partial charge is 0.313 e. The van der Waals surface area contributed by atoms with Gasteiger partial charge < -0.3 is 14.2 Å². The summed E-state index contributed by atoms with van der Waals surface area (Å²) in [5, 5.41) is 0. The average Bonchev–Trinajstić information content (AvgIpc) is 2.72. The molecule has 0 radical (unpaired) electrons. The van der Waals surface area contributed by atoms with Gasteiger partial charge in [-0.3, -0.25) is 9.59 Å². The molecule has 0 aromatic heterocycles. The Balaban J connectivity index is 2.78. The molecule has 16 heavy (non-hydrogen) atoms. The van der Waals surface area contributed by atoms with Gasteiger partial charge >= 0.3 is 11.9 Å². The van der Waals surface area contributed by atoms with Crippen LogP contribution in [0, 0.1) is 5.92 Å². The highest BCUT2D eigenvalue weighted by Crippen LogP contribution is 2.41. The molecule has 0 amide bonds. The first kappa shape index (κ1) is 13.3. The number of thioether (sulfide) groups is 1. The second kappa shape index (κ2) is 5.54. The van der Waals surface area contributed by atoms with E-state index in [1.54, 1.807) is 6.92 Å². The first-order chi connectivity index (χ1) is 7.53. The maximum Gasteiger partial charge on any atom is 0.313 e. The van der Waals surface area contributed by atoms with E-state index in [1.807, 2.05) is 0 Å². The lowest BCUT2D eigenvalue weighted by Gasteiger charge is -2.29. The van der Waals surface area contributed by atoms with Crippen molar-refractivity contribution in [3.8, 4) is 0 Å². The molecular formula is C10H16O5S. The van der Waals surface area contributed by atoms with E-state index in [4.69, 9.17) is 9.47 Å². The van der Waals surface area contributed by atoms with Crippen LogP contribution < -0.4 is 0 Å². The second-order valence-electron chi connectivity index (χ2n) is 3.57. The third-order valence-corrected chi connectivity index (χ3v) is 3.92. The molecule has 1 aliphatic heterocycles. The van der Waals surface area contributed by atoms with Crippen LogP contribution in [0.4, 0.5) is 0 Å². The van der Waals surface area contributed by atoms with E-state index in [0.717, 1.165) is 5.75 Å². The van der Waals surface area contributed by atoms with Gasteiger partial charge in [-0.1, -0.05) is 0 Å². The van der Waals surface area contributed by atoms with E-state index in [2.05, 4.69) is 4.74 Å². The summed E-state index contributed by atoms with van der Waals surface area (Å²) in [6.45, 7) is 2.38. The number of carbonyl (C=O) groups excluding carboxylic acids is 2. The summed E-state index contributed by atoms with van der Waals surface area (Å²) in [6.07, 6.45) is -0.0212. The SMILES string of the molecule is COC(=O)CC(C(=O)OC)C1(C)OCCS1. The van der Waals surface area contributed by atoms with Gasteiger partial charge in [0.15, 0.2) is 0 Å². The van der Waals surface area contributed by atoms with Gasteiger partial charge in [-0.2, -0.15) is 0 Å². The Morgan fingerprint density at radius 1 is 1.44 bits per heavy atom. The summed E-state index contributed by atoms with van der Waals surface area (Å²) >= 11 is 1.52. The van der Waals surface area contributed by atoms with Crippen molar-refractivity contribution in [2.24, 2.45) is 5.92 Å². The van der Waals surface area contributed by atoms with Crippen molar-refractivity contribution in [3.63, 3.8) is 0 Å². The van der Waals surface area contributed by atoms with Crippen LogP contribution in [0.3, 0.4) is 0 Å². The van der Waals surface area contributed by atoms with Crippen molar-refractivity contribution >= 4 is 23.7 Å². The topological polar surface area (TPSA) is 61.8 Å². The highest BCUT2D eigenvalue weighted by molar-refractivity contribution is 8.00. The van der Waals surface area contributed by atoms with Crippen molar-refractivity contribution < 1.29 is 23.8 Å². The molecule has 1 saturated heterocycles. The average molecular weight is 248 g/mol. The highest BCUT2D eigenvalue weighted by atomic mass is 32.2. The van der Waals surface area contributed by atoms with Crippen LogP contribution >= 0.6 is 11.8 Å². The quantitative estimate of drug-likeness (QED) is 0.686. The molecule has 0 aromatic rings. The fourth-order valence-corrected chi connectivity index (χ4v) is 2.73. The van der Waals surface area contributed by atoms with Gasteiger partial charge in [0.05, 0.1) is 27.2 Å². The number of hydrogen-bond donors (Lipinski definition) is 0. The first-order valence-corrected chi connectivity index (χ1v) is 5.94. The van der Waals surface area contributed by atoms with Crippen molar-refractivity contribution in [2.75, 3.05) is 26.6 Å². The summed E-state index contributed by atoms with van der Waals surface area (Å²) in [5.41, 5.74) is 0. The molecule has 2 unspecified atom stereocenters. The molecule has 0 aromatic carbocycles. The van der Waals surface area contributed by atoms with Gasteiger partial charge in [-0.25, -0.2) is 0 Å². The third kappa shape index (κ3) is 2.89. The van der Waals surface area contributed by atoms with Crippen LogP contribution in [0.1, 0.15) is 13.3 Å². The zero-order chi connectivity index (χ0) is 12.2. The number of ether oxygens (including phenoxy) is 3. The van der Waals surface area contributed by atoms with Gasteiger partial charge in [0.1, 0.15) is 10.9 Å². The van der Waals surface area contributed by atoms with Crippen molar-refractivity contribution in [1.29, 1.82) is 0 Å². The molecule has 1 rings (SSSR count). The molecule has 1 fully saturated rings. The Labute approximate surface area is 98.8 Å². The number of carbonyl (C=O) groups is 2. The predicted octanol–water partition coefficient (Wildman–Crippen LogP) is 0.818. The van der Waals surface area contributed by atoms with E-state index >= 15 is 0 Å². The zero-order valence-corrected chi connectivity index (χ0v) is 10.5. The standard InChI is InChI=1S/C10H16O5S/c1-10(15-4-5-16-10)7(9(12)14-3)6-8(11)13-2/h7H,4-6H2,1-3H3. The van der Waals surface area contributed by atoms with Crippen LogP contribution in [-0.4, -0.2) is 43.5 Å². The maximum absolute atomic E-state index is 11.6. The maximum atomic E-state index is 11.6. The van der Waals surface area contributed by atoms with Crippen molar-refractivity contribution in [2.45, 2.75) is 18.3 Å². The van der Waals surface area contributed by atoms with Crippen LogP contribution in [0.5, 0.6) is 0 Å². The minimum Gasteiger partial charge on any atom is -0.469 e. The molecule has 5 nitrogen and oxygen atoms in total. The van der Waals surface area contributed by atoms with Gasteiger partial charge in [0.2, 0.25) is 0 Å². The predicted molar refractivity (Wildman–Crippen MR) is 59.0 cm³/mol. The minimum absolute atomic E-state index is 0.0212. The Kier molecular flexibility index (Phi) is 4.61. The molecular weight excluding hydrogens is 232 g/mol. The van der Waals surface area contributed by atoms with Gasteiger partial charge in [-0.05, 0) is 6.92 Å². The largest absolute Gasteiger partial charge is 0.469 e. The van der Waals surface area contributed by atoms with E-state index in [1.165, 1.54) is 26.0 Å². The Hall–Kier alpha value is -0.750. The zero-order valence-electron chi connectivity index (χ0n) is 9.65. The van der Waals surface area contributed by atoms with E-state index in [-0.39, 0.29) is 6.42 Å². The Morgan fingerprint density at radius 2 is 2.12 bits per heavy atom. The summed E-state index contributed by atoms with van der Waals surface area (Å²) in [6, 6.07) is 0. The van der Waals surface area contributed by atoms with Crippen molar-refractivity contribution in [1.82, 2.24) is 0 Å². The molecule has 0 spiro atoms. The van der Waals surface area contributed by atoms with Crippen LogP contribution in [0.2, 0.25) is 0 Å². The van der Waals surface area contributed by atoms with Gasteiger partial charge in [0.25, 0.3) is 0 Å². The summed E-state index contributed by atoms with van der Waals surface area (Å²) in [7, 11) is 2.59. The molecule has 1 heterocycles. The molecule has 2 atom stereocenters. The first-order valence-electron chi connectivity index (χ1n) is 4.96. The molecule has 6 heteroatoms. The number of rotatable bonds is 4. The van der Waals surface area contributed by atoms with Gasteiger partial charge in [0, 0.05) is 5.75 Å². The lowest BCUT2D eigenvalue weighted by Crippen LogP contribution is -2.39. The Bertz CT molecular complexity index is 272. The van der Waals surface area contributed by atoms with E-state index in [0.29, 0.717) is 6.61 Å². The highest BCUT2D eigenvalue weighted by Gasteiger charge is 2.45. The third-order valence-electron chi connectivity index (χ3n) is 2.58. The van der Waals surface area contributed by atoms with Crippen molar-refractivity contribution in [3.05, 3.63) is 0 Å². The van der Waals surface area contributed by atoms with E-state index in [9.17, 15) is 9.59 Å². The number of hydrogen-bond acceptors (Lipinski definition) is 6. The second-order valence-corrected chi connectivity index (χ2v) is 5.08. The monoisotopic (exact) mass is 248 g/mol. The fraction of sp³-hybridized carbons (Fsp3) is 0.800. The Morgan fingerprint density at radius 3 is 2.56 bits per heavy atom. The summed E-state index contributed by atoms with van der Waals surface area (Å²) in [4.78, 5) is 22.2. The van der Waals surface area contributed by atoms with Crippen LogP contribution in [0.25, 0.3) is 0 Å². The number of methoxy groups -OCH3 is 2. The fourth-order valence-electron chi connectivity index (χ4n) is 1.61. The van der Waals surface area contributed by atoms with Crippen LogP contribution in [-0.2, 0) is 23.8 Å².